The summed E-state index contributed by atoms with van der Waals surface area (Å²) in [6, 6.07) is 12.5. The van der Waals surface area contributed by atoms with Gasteiger partial charge in [0.2, 0.25) is 11.8 Å². The van der Waals surface area contributed by atoms with E-state index in [4.69, 9.17) is 4.42 Å². The number of carbonyl (C=O) groups excluding carboxylic acids is 1. The van der Waals surface area contributed by atoms with Gasteiger partial charge in [0, 0.05) is 43.5 Å². The lowest BCUT2D eigenvalue weighted by Gasteiger charge is -2.34. The molecule has 0 unspecified atom stereocenters. The van der Waals surface area contributed by atoms with Crippen LogP contribution in [0.3, 0.4) is 0 Å². The van der Waals surface area contributed by atoms with E-state index in [1.165, 1.54) is 11.8 Å². The normalized spacial score (nSPS) is 15.2. The molecule has 38 heavy (non-hydrogen) atoms. The number of nitrogens with one attached hydrogen (secondary N) is 1. The fourth-order valence-electron chi connectivity index (χ4n) is 4.64. The molecule has 0 spiro atoms. The molecule has 2 aromatic heterocycles. The molecule has 1 amide bonds. The predicted molar refractivity (Wildman–Crippen MR) is 143 cm³/mol. The number of hydrogen-bond donors (Lipinski definition) is 1. The molecule has 0 bridgehead atoms. The first kappa shape index (κ1) is 25.6. The maximum atomic E-state index is 13.0. The Morgan fingerprint density at radius 3 is 2.50 bits per heavy atom. The van der Waals surface area contributed by atoms with Crippen molar-refractivity contribution in [2.75, 3.05) is 17.2 Å². The first-order valence-corrected chi connectivity index (χ1v) is 14.2. The van der Waals surface area contributed by atoms with Gasteiger partial charge in [0.25, 0.3) is 5.91 Å². The molecule has 1 aliphatic rings. The van der Waals surface area contributed by atoms with Gasteiger partial charge in [-0.3, -0.25) is 4.79 Å². The van der Waals surface area contributed by atoms with Crippen molar-refractivity contribution in [3.63, 3.8) is 0 Å². The molecule has 9 nitrogen and oxygen atoms in total. The third-order valence-corrected chi connectivity index (χ3v) is 8.61. The van der Waals surface area contributed by atoms with Crippen molar-refractivity contribution in [3.8, 4) is 11.5 Å². The predicted octanol–water partition coefficient (Wildman–Crippen LogP) is 4.37. The zero-order chi connectivity index (χ0) is 26.7. The summed E-state index contributed by atoms with van der Waals surface area (Å²) < 4.78 is 29.4. The maximum absolute atomic E-state index is 13.0. The Morgan fingerprint density at radius 1 is 1.08 bits per heavy atom. The Morgan fingerprint density at radius 2 is 1.84 bits per heavy atom. The van der Waals surface area contributed by atoms with Crippen molar-refractivity contribution in [1.29, 1.82) is 0 Å². The van der Waals surface area contributed by atoms with Crippen LogP contribution in [-0.4, -0.2) is 41.6 Å². The summed E-state index contributed by atoms with van der Waals surface area (Å²) in [6.45, 7) is 5.46. The highest BCUT2D eigenvalue weighted by Gasteiger charge is 2.27. The fraction of sp³-hybridized carbons (Fsp3) is 0.286. The molecule has 0 aliphatic carbocycles. The average molecular weight is 532 g/mol. The van der Waals surface area contributed by atoms with Gasteiger partial charge in [0.15, 0.2) is 9.84 Å². The molecule has 5 rings (SSSR count). The lowest BCUT2D eigenvalue weighted by molar-refractivity contribution is 0.0950. The smallest absolute Gasteiger partial charge is 0.251 e. The van der Waals surface area contributed by atoms with Gasteiger partial charge in [-0.05, 0) is 47.4 Å². The molecule has 1 aliphatic heterocycles. The zero-order valence-electron chi connectivity index (χ0n) is 21.3. The van der Waals surface area contributed by atoms with Crippen molar-refractivity contribution in [3.05, 3.63) is 89.6 Å². The van der Waals surface area contributed by atoms with Gasteiger partial charge in [0.05, 0.1) is 22.4 Å². The molecule has 10 heteroatoms. The molecule has 1 N–H and O–H groups in total. The monoisotopic (exact) mass is 531 g/mol. The van der Waals surface area contributed by atoms with Crippen LogP contribution in [-0.2, 0) is 22.9 Å². The minimum Gasteiger partial charge on any atom is -0.444 e. The summed E-state index contributed by atoms with van der Waals surface area (Å²) in [6.07, 6.45) is 7.46. The molecule has 1 atom stereocenters. The first-order chi connectivity index (χ1) is 18.4. The minimum absolute atomic E-state index is 0.0532. The van der Waals surface area contributed by atoms with Gasteiger partial charge in [-0.25, -0.2) is 23.4 Å². The Bertz CT molecular complexity index is 1520. The summed E-state index contributed by atoms with van der Waals surface area (Å²) in [7, 11) is -3.25. The summed E-state index contributed by atoms with van der Waals surface area (Å²) in [4.78, 5) is 28.6. The lowest BCUT2D eigenvalue weighted by atomic mass is 9.87. The summed E-state index contributed by atoms with van der Waals surface area (Å²) in [5.74, 6) is 1.26. The third kappa shape index (κ3) is 5.31. The number of hydrogen-bond acceptors (Lipinski definition) is 8. The van der Waals surface area contributed by atoms with Crippen molar-refractivity contribution in [2.45, 2.75) is 44.2 Å². The number of carbonyl (C=O) groups is 1. The maximum Gasteiger partial charge on any atom is 0.251 e. The van der Waals surface area contributed by atoms with Gasteiger partial charge in [-0.1, -0.05) is 32.0 Å². The molecule has 0 saturated carbocycles. The van der Waals surface area contributed by atoms with E-state index in [0.29, 0.717) is 42.0 Å². The first-order valence-electron chi connectivity index (χ1n) is 12.6. The van der Waals surface area contributed by atoms with E-state index >= 15 is 0 Å². The Balaban J connectivity index is 1.29. The van der Waals surface area contributed by atoms with Crippen LogP contribution in [0.25, 0.3) is 11.5 Å². The van der Waals surface area contributed by atoms with Gasteiger partial charge in [0.1, 0.15) is 6.26 Å². The van der Waals surface area contributed by atoms with Crippen molar-refractivity contribution in [1.82, 2.24) is 20.3 Å². The highest BCUT2D eigenvalue weighted by Crippen LogP contribution is 2.33. The largest absolute Gasteiger partial charge is 0.444 e. The summed E-state index contributed by atoms with van der Waals surface area (Å²) in [5.41, 5.74) is 4.43. The van der Waals surface area contributed by atoms with Crippen LogP contribution in [0.4, 0.5) is 5.95 Å². The summed E-state index contributed by atoms with van der Waals surface area (Å²) in [5, 5.41) is 2.94. The third-order valence-electron chi connectivity index (χ3n) is 6.86. The Labute approximate surface area is 221 Å². The van der Waals surface area contributed by atoms with Crippen LogP contribution in [0.1, 0.15) is 53.2 Å². The SMILES string of the molecule is CC[C@@H]1CN(c2ncc(-c3ncco3)cn2)Cc2cc(C(=O)NCc3ccc(S(=O)(=O)CC)cc3)ccc21. The van der Waals surface area contributed by atoms with Crippen molar-refractivity contribution in [2.24, 2.45) is 0 Å². The van der Waals surface area contributed by atoms with Gasteiger partial charge in [-0.2, -0.15) is 0 Å². The van der Waals surface area contributed by atoms with E-state index < -0.39 is 9.84 Å². The lowest BCUT2D eigenvalue weighted by Crippen LogP contribution is -2.35. The molecule has 2 aromatic carbocycles. The number of benzene rings is 2. The molecule has 0 saturated heterocycles. The molecule has 0 fully saturated rings. The quantitative estimate of drug-likeness (QED) is 0.356. The van der Waals surface area contributed by atoms with Crippen LogP contribution >= 0.6 is 0 Å². The van der Waals surface area contributed by atoms with Crippen LogP contribution in [0, 0.1) is 0 Å². The highest BCUT2D eigenvalue weighted by molar-refractivity contribution is 7.91. The van der Waals surface area contributed by atoms with Crippen LogP contribution < -0.4 is 10.2 Å². The average Bonchev–Trinajstić information content (AvgIpc) is 3.50. The van der Waals surface area contributed by atoms with E-state index in [1.807, 2.05) is 18.2 Å². The number of oxazole rings is 1. The van der Waals surface area contributed by atoms with E-state index in [9.17, 15) is 13.2 Å². The number of sulfone groups is 1. The van der Waals surface area contributed by atoms with Gasteiger partial charge in [-0.15, -0.1) is 0 Å². The standard InChI is InChI=1S/C28H29N5O4S/c1-3-20-17-33(28-31-15-23(16-32-28)27-29-11-12-37-27)18-22-13-21(7-10-25(20)22)26(34)30-14-19-5-8-24(9-6-19)38(35,36)4-2/h5-13,15-16,20H,3-4,14,17-18H2,1-2H3,(H,30,34)/t20-/m1/s1. The number of rotatable bonds is 8. The van der Waals surface area contributed by atoms with Gasteiger partial charge < -0.3 is 14.6 Å². The molecular formula is C28H29N5O4S. The second-order valence-electron chi connectivity index (χ2n) is 9.24. The molecule has 3 heterocycles. The van der Waals surface area contributed by atoms with E-state index in [2.05, 4.69) is 32.1 Å². The number of anilines is 1. The number of fused-ring (bicyclic) bond motifs is 1. The second kappa shape index (κ2) is 10.7. The van der Waals surface area contributed by atoms with E-state index in [0.717, 1.165) is 24.1 Å². The Hall–Kier alpha value is -4.05. The van der Waals surface area contributed by atoms with Crippen LogP contribution in [0.15, 0.2) is 76.6 Å². The van der Waals surface area contributed by atoms with Crippen molar-refractivity contribution >= 4 is 21.7 Å². The van der Waals surface area contributed by atoms with Gasteiger partial charge >= 0.3 is 0 Å². The van der Waals surface area contributed by atoms with Crippen LogP contribution in [0.5, 0.6) is 0 Å². The minimum atomic E-state index is -3.25. The fourth-order valence-corrected chi connectivity index (χ4v) is 5.53. The zero-order valence-corrected chi connectivity index (χ0v) is 22.1. The highest BCUT2D eigenvalue weighted by atomic mass is 32.2. The molecule has 0 radical (unpaired) electrons. The second-order valence-corrected chi connectivity index (χ2v) is 11.5. The topological polar surface area (TPSA) is 118 Å². The van der Waals surface area contributed by atoms with Crippen molar-refractivity contribution < 1.29 is 17.6 Å². The number of aromatic nitrogens is 3. The van der Waals surface area contributed by atoms with E-state index in [-0.39, 0.29) is 16.6 Å². The molecule has 4 aromatic rings. The molecule has 196 valence electrons. The summed E-state index contributed by atoms with van der Waals surface area (Å²) >= 11 is 0. The Kier molecular flexibility index (Phi) is 7.24. The number of amides is 1. The number of nitrogens with zero attached hydrogens (tertiary/aromatic N) is 4. The van der Waals surface area contributed by atoms with Crippen LogP contribution in [0.2, 0.25) is 0 Å². The molecular weight excluding hydrogens is 502 g/mol. The van der Waals surface area contributed by atoms with E-state index in [1.54, 1.807) is 49.8 Å².